The Morgan fingerprint density at radius 1 is 1.11 bits per heavy atom. The first-order valence-corrected chi connectivity index (χ1v) is 5.92. The number of carbonyl (C=O) groups excluding carboxylic acids is 1. The van der Waals surface area contributed by atoms with E-state index in [4.69, 9.17) is 0 Å². The lowest BCUT2D eigenvalue weighted by molar-refractivity contribution is -0.115. The molecular formula is C15H15NO3. The second-order valence-corrected chi connectivity index (χ2v) is 4.16. The Bertz CT molecular complexity index is 578. The van der Waals surface area contributed by atoms with Gasteiger partial charge in [0.15, 0.2) is 0 Å². The number of aliphatic hydroxyl groups is 1. The third-order valence-electron chi connectivity index (χ3n) is 2.83. The minimum Gasteiger partial charge on any atom is -0.508 e. The molecule has 0 saturated carbocycles. The monoisotopic (exact) mass is 257 g/mol. The van der Waals surface area contributed by atoms with Gasteiger partial charge in [0.2, 0.25) is 5.91 Å². The van der Waals surface area contributed by atoms with E-state index >= 15 is 0 Å². The van der Waals surface area contributed by atoms with Gasteiger partial charge in [-0.1, -0.05) is 18.2 Å². The van der Waals surface area contributed by atoms with Crippen molar-refractivity contribution in [3.63, 3.8) is 0 Å². The quantitative estimate of drug-likeness (QED) is 0.888. The van der Waals surface area contributed by atoms with Gasteiger partial charge in [-0.2, -0.15) is 0 Å². The summed E-state index contributed by atoms with van der Waals surface area (Å²) in [6.07, 6.45) is 0. The second-order valence-electron chi connectivity index (χ2n) is 4.16. The van der Waals surface area contributed by atoms with Crippen molar-refractivity contribution in [1.82, 2.24) is 0 Å². The van der Waals surface area contributed by atoms with Crippen LogP contribution in [-0.2, 0) is 11.4 Å². The summed E-state index contributed by atoms with van der Waals surface area (Å²) >= 11 is 0. The van der Waals surface area contributed by atoms with Crippen LogP contribution in [0.5, 0.6) is 5.75 Å². The molecule has 98 valence electrons. The molecule has 2 rings (SSSR count). The largest absolute Gasteiger partial charge is 0.508 e. The zero-order valence-electron chi connectivity index (χ0n) is 10.6. The third-order valence-corrected chi connectivity index (χ3v) is 2.83. The first-order chi connectivity index (χ1) is 9.13. The number of aliphatic hydroxyl groups excluding tert-OH is 1. The molecule has 0 fully saturated rings. The summed E-state index contributed by atoms with van der Waals surface area (Å²) in [6, 6.07) is 13.5. The molecule has 1 amide bonds. The van der Waals surface area contributed by atoms with E-state index in [9.17, 15) is 15.0 Å². The first-order valence-electron chi connectivity index (χ1n) is 5.92. The fourth-order valence-corrected chi connectivity index (χ4v) is 1.95. The molecule has 0 aliphatic carbocycles. The van der Waals surface area contributed by atoms with Gasteiger partial charge in [-0.25, -0.2) is 0 Å². The predicted octanol–water partition coefficient (Wildman–Crippen LogP) is 2.57. The average Bonchev–Trinajstić information content (AvgIpc) is 2.41. The fourth-order valence-electron chi connectivity index (χ4n) is 1.95. The molecule has 0 unspecified atom stereocenters. The van der Waals surface area contributed by atoms with Crippen LogP contribution in [0, 0.1) is 0 Å². The van der Waals surface area contributed by atoms with Gasteiger partial charge in [0.05, 0.1) is 12.3 Å². The lowest BCUT2D eigenvalue weighted by atomic mass is 10.1. The smallest absolute Gasteiger partial charge is 0.228 e. The molecule has 0 radical (unpaired) electrons. The van der Waals surface area contributed by atoms with E-state index in [0.29, 0.717) is 16.9 Å². The Hall–Kier alpha value is -2.33. The topological polar surface area (TPSA) is 60.8 Å². The molecule has 0 atom stereocenters. The summed E-state index contributed by atoms with van der Waals surface area (Å²) in [5.74, 6) is -0.0192. The number of carbonyl (C=O) groups is 1. The van der Waals surface area contributed by atoms with Crippen LogP contribution in [-0.4, -0.2) is 16.1 Å². The van der Waals surface area contributed by atoms with Crippen LogP contribution in [0.3, 0.4) is 0 Å². The van der Waals surface area contributed by atoms with Gasteiger partial charge in [0.1, 0.15) is 5.75 Å². The van der Waals surface area contributed by atoms with E-state index in [1.54, 1.807) is 24.3 Å². The van der Waals surface area contributed by atoms with Crippen molar-refractivity contribution >= 4 is 17.3 Å². The van der Waals surface area contributed by atoms with Crippen molar-refractivity contribution in [2.45, 2.75) is 13.5 Å². The van der Waals surface area contributed by atoms with Gasteiger partial charge >= 0.3 is 0 Å². The Labute approximate surface area is 111 Å². The van der Waals surface area contributed by atoms with E-state index in [1.807, 2.05) is 12.1 Å². The molecule has 19 heavy (non-hydrogen) atoms. The van der Waals surface area contributed by atoms with E-state index in [1.165, 1.54) is 24.0 Å². The molecule has 0 bridgehead atoms. The van der Waals surface area contributed by atoms with Gasteiger partial charge in [-0.15, -0.1) is 0 Å². The van der Waals surface area contributed by atoms with Crippen LogP contribution in [0.15, 0.2) is 48.5 Å². The lowest BCUT2D eigenvalue weighted by Gasteiger charge is -2.23. The van der Waals surface area contributed by atoms with Gasteiger partial charge in [0.25, 0.3) is 0 Å². The minimum absolute atomic E-state index is 0.141. The zero-order chi connectivity index (χ0) is 13.8. The number of phenols is 1. The van der Waals surface area contributed by atoms with Crippen LogP contribution in [0.2, 0.25) is 0 Å². The average molecular weight is 257 g/mol. The van der Waals surface area contributed by atoms with Crippen molar-refractivity contribution in [1.29, 1.82) is 0 Å². The molecule has 2 aromatic rings. The molecule has 0 aromatic heterocycles. The molecule has 0 aliphatic heterocycles. The summed E-state index contributed by atoms with van der Waals surface area (Å²) in [6.45, 7) is 1.32. The molecular weight excluding hydrogens is 242 g/mol. The van der Waals surface area contributed by atoms with Crippen LogP contribution in [0.1, 0.15) is 12.5 Å². The highest BCUT2D eigenvalue weighted by molar-refractivity contribution is 5.99. The van der Waals surface area contributed by atoms with Crippen LogP contribution in [0.4, 0.5) is 11.4 Å². The summed E-state index contributed by atoms with van der Waals surface area (Å²) in [7, 11) is 0. The van der Waals surface area contributed by atoms with Gasteiger partial charge in [0, 0.05) is 18.2 Å². The number of hydrogen-bond acceptors (Lipinski definition) is 3. The minimum atomic E-state index is -0.161. The number of hydrogen-bond donors (Lipinski definition) is 2. The standard InChI is InChI=1S/C15H15NO3/c1-11(18)16(13-6-8-14(19)9-7-13)15-5-3-2-4-12(15)10-17/h2-9,17,19H,10H2,1H3. The summed E-state index contributed by atoms with van der Waals surface area (Å²) < 4.78 is 0. The van der Waals surface area contributed by atoms with Gasteiger partial charge < -0.3 is 10.2 Å². The van der Waals surface area contributed by atoms with Crippen LogP contribution in [0.25, 0.3) is 0 Å². The Balaban J connectivity index is 2.51. The van der Waals surface area contributed by atoms with Crippen molar-refractivity contribution in [2.75, 3.05) is 4.90 Å². The molecule has 0 saturated heterocycles. The maximum Gasteiger partial charge on any atom is 0.228 e. The van der Waals surface area contributed by atoms with Gasteiger partial charge in [-0.3, -0.25) is 9.69 Å². The van der Waals surface area contributed by atoms with E-state index < -0.39 is 0 Å². The highest BCUT2D eigenvalue weighted by Gasteiger charge is 2.16. The normalized spacial score (nSPS) is 10.2. The van der Waals surface area contributed by atoms with E-state index in [-0.39, 0.29) is 18.3 Å². The lowest BCUT2D eigenvalue weighted by Crippen LogP contribution is -2.23. The van der Waals surface area contributed by atoms with Crippen molar-refractivity contribution < 1.29 is 15.0 Å². The number of benzene rings is 2. The third kappa shape index (κ3) is 2.74. The molecule has 0 aliphatic rings. The maximum atomic E-state index is 11.9. The van der Waals surface area contributed by atoms with Crippen molar-refractivity contribution in [2.24, 2.45) is 0 Å². The molecule has 2 aromatic carbocycles. The Kier molecular flexibility index (Phi) is 3.82. The number of para-hydroxylation sites is 1. The summed E-state index contributed by atoms with van der Waals surface area (Å²) in [5, 5.41) is 18.7. The van der Waals surface area contributed by atoms with Crippen LogP contribution < -0.4 is 4.90 Å². The Morgan fingerprint density at radius 2 is 1.74 bits per heavy atom. The van der Waals surface area contributed by atoms with E-state index in [2.05, 4.69) is 0 Å². The first kappa shape index (κ1) is 13.1. The Morgan fingerprint density at radius 3 is 2.32 bits per heavy atom. The number of nitrogens with zero attached hydrogens (tertiary/aromatic N) is 1. The highest BCUT2D eigenvalue weighted by Crippen LogP contribution is 2.29. The maximum absolute atomic E-state index is 11.9. The fraction of sp³-hybridized carbons (Fsp3) is 0.133. The van der Waals surface area contributed by atoms with Crippen LogP contribution >= 0.6 is 0 Å². The second kappa shape index (κ2) is 5.54. The van der Waals surface area contributed by atoms with Crippen molar-refractivity contribution in [3.8, 4) is 5.75 Å². The molecule has 4 heteroatoms. The molecule has 0 spiro atoms. The molecule has 0 heterocycles. The summed E-state index contributed by atoms with van der Waals surface area (Å²) in [4.78, 5) is 13.4. The number of anilines is 2. The zero-order valence-corrected chi connectivity index (χ0v) is 10.6. The predicted molar refractivity (Wildman–Crippen MR) is 73.3 cm³/mol. The SMILES string of the molecule is CC(=O)N(c1ccc(O)cc1)c1ccccc1CO. The molecule has 4 nitrogen and oxygen atoms in total. The van der Waals surface area contributed by atoms with E-state index in [0.717, 1.165) is 0 Å². The number of rotatable bonds is 3. The number of aromatic hydroxyl groups is 1. The van der Waals surface area contributed by atoms with Crippen molar-refractivity contribution in [3.05, 3.63) is 54.1 Å². The number of amides is 1. The van der Waals surface area contributed by atoms with Gasteiger partial charge in [-0.05, 0) is 30.3 Å². The molecule has 2 N–H and O–H groups in total. The summed E-state index contributed by atoms with van der Waals surface area (Å²) in [5.41, 5.74) is 1.96. The highest BCUT2D eigenvalue weighted by atomic mass is 16.3. The number of phenolic OH excluding ortho intramolecular Hbond substituents is 1.